The van der Waals surface area contributed by atoms with Crippen LogP contribution < -0.4 is 16.4 Å². The van der Waals surface area contributed by atoms with Gasteiger partial charge in [-0.3, -0.25) is 0 Å². The Labute approximate surface area is 122 Å². The Morgan fingerprint density at radius 3 is 2.35 bits per heavy atom. The van der Waals surface area contributed by atoms with E-state index in [1.807, 2.05) is 30.3 Å². The van der Waals surface area contributed by atoms with Crippen LogP contribution in [0.2, 0.25) is 5.02 Å². The molecule has 2 amide bonds. The zero-order chi connectivity index (χ0) is 14.4. The summed E-state index contributed by atoms with van der Waals surface area (Å²) in [6.45, 7) is 0.331. The number of carbonyl (C=O) groups is 1. The van der Waals surface area contributed by atoms with Gasteiger partial charge in [0, 0.05) is 17.3 Å². The number of amides is 2. The van der Waals surface area contributed by atoms with Crippen LogP contribution in [0.4, 0.5) is 10.5 Å². The number of rotatable bonds is 4. The Morgan fingerprint density at radius 1 is 1.10 bits per heavy atom. The van der Waals surface area contributed by atoms with Crippen LogP contribution in [0.25, 0.3) is 0 Å². The summed E-state index contributed by atoms with van der Waals surface area (Å²) in [5.41, 5.74) is 7.36. The normalized spacial score (nSPS) is 11.7. The molecule has 0 saturated carbocycles. The van der Waals surface area contributed by atoms with Gasteiger partial charge in [0.25, 0.3) is 0 Å². The molecule has 0 aromatic heterocycles. The molecular formula is C15H16ClN3O. The van der Waals surface area contributed by atoms with Crippen molar-refractivity contribution in [1.29, 1.82) is 0 Å². The van der Waals surface area contributed by atoms with E-state index >= 15 is 0 Å². The first kappa shape index (κ1) is 14.4. The molecule has 0 heterocycles. The maximum Gasteiger partial charge on any atom is 0.319 e. The molecule has 0 bridgehead atoms. The Morgan fingerprint density at radius 2 is 1.75 bits per heavy atom. The van der Waals surface area contributed by atoms with E-state index in [9.17, 15) is 4.79 Å². The lowest BCUT2D eigenvalue weighted by atomic mass is 10.1. The van der Waals surface area contributed by atoms with Crippen molar-refractivity contribution in [2.24, 2.45) is 5.73 Å². The number of nitrogens with two attached hydrogens (primary N) is 1. The van der Waals surface area contributed by atoms with Crippen molar-refractivity contribution in [2.45, 2.75) is 6.04 Å². The third-order valence-electron chi connectivity index (χ3n) is 2.85. The summed E-state index contributed by atoms with van der Waals surface area (Å²) in [6.07, 6.45) is 0. The number of benzene rings is 2. The second-order valence-electron chi connectivity index (χ2n) is 4.30. The third kappa shape index (κ3) is 3.98. The number of carbonyl (C=O) groups excluding carboxylic acids is 1. The Bertz CT molecular complexity index is 557. The molecule has 0 fully saturated rings. The first-order valence-electron chi connectivity index (χ1n) is 6.27. The van der Waals surface area contributed by atoms with E-state index in [2.05, 4.69) is 10.6 Å². The average molecular weight is 290 g/mol. The fourth-order valence-electron chi connectivity index (χ4n) is 1.82. The van der Waals surface area contributed by atoms with Crippen molar-refractivity contribution in [3.63, 3.8) is 0 Å². The van der Waals surface area contributed by atoms with Gasteiger partial charge in [0.05, 0.1) is 6.04 Å². The minimum Gasteiger partial charge on any atom is -0.330 e. The fourth-order valence-corrected chi connectivity index (χ4v) is 1.95. The van der Waals surface area contributed by atoms with Gasteiger partial charge in [0.1, 0.15) is 0 Å². The van der Waals surface area contributed by atoms with Crippen molar-refractivity contribution in [3.05, 3.63) is 65.2 Å². The van der Waals surface area contributed by atoms with Crippen LogP contribution in [0.15, 0.2) is 54.6 Å². The van der Waals surface area contributed by atoms with E-state index in [-0.39, 0.29) is 12.1 Å². The van der Waals surface area contributed by atoms with E-state index in [4.69, 9.17) is 17.3 Å². The maximum absolute atomic E-state index is 11.9. The highest BCUT2D eigenvalue weighted by atomic mass is 35.5. The van der Waals surface area contributed by atoms with Gasteiger partial charge in [-0.2, -0.15) is 0 Å². The van der Waals surface area contributed by atoms with Crippen LogP contribution in [-0.2, 0) is 0 Å². The third-order valence-corrected chi connectivity index (χ3v) is 3.10. The summed E-state index contributed by atoms with van der Waals surface area (Å²) in [4.78, 5) is 11.9. The summed E-state index contributed by atoms with van der Waals surface area (Å²) in [5, 5.41) is 6.20. The molecule has 4 nitrogen and oxygen atoms in total. The second-order valence-corrected chi connectivity index (χ2v) is 4.74. The molecule has 5 heteroatoms. The molecule has 2 aromatic carbocycles. The highest BCUT2D eigenvalue weighted by Gasteiger charge is 2.12. The topological polar surface area (TPSA) is 67.1 Å². The van der Waals surface area contributed by atoms with E-state index in [0.29, 0.717) is 17.3 Å². The van der Waals surface area contributed by atoms with Gasteiger partial charge in [-0.05, 0) is 29.8 Å². The number of urea groups is 1. The molecule has 0 spiro atoms. The van der Waals surface area contributed by atoms with E-state index in [1.165, 1.54) is 0 Å². The number of halogens is 1. The van der Waals surface area contributed by atoms with E-state index < -0.39 is 0 Å². The van der Waals surface area contributed by atoms with Gasteiger partial charge >= 0.3 is 6.03 Å². The van der Waals surface area contributed by atoms with Crippen LogP contribution in [0.1, 0.15) is 11.6 Å². The molecule has 0 aliphatic carbocycles. The van der Waals surface area contributed by atoms with Gasteiger partial charge < -0.3 is 16.4 Å². The number of anilines is 1. The minimum atomic E-state index is -0.299. The van der Waals surface area contributed by atoms with Crippen LogP contribution in [-0.4, -0.2) is 12.6 Å². The van der Waals surface area contributed by atoms with Crippen LogP contribution in [0, 0.1) is 0 Å². The molecule has 20 heavy (non-hydrogen) atoms. The molecule has 2 aromatic rings. The largest absolute Gasteiger partial charge is 0.330 e. The number of hydrogen-bond acceptors (Lipinski definition) is 2. The van der Waals surface area contributed by atoms with Crippen molar-refractivity contribution < 1.29 is 4.79 Å². The van der Waals surface area contributed by atoms with Crippen LogP contribution in [0.3, 0.4) is 0 Å². The van der Waals surface area contributed by atoms with Crippen molar-refractivity contribution in [3.8, 4) is 0 Å². The molecule has 0 radical (unpaired) electrons. The monoisotopic (exact) mass is 289 g/mol. The Balaban J connectivity index is 1.97. The minimum absolute atomic E-state index is 0.219. The molecule has 4 N–H and O–H groups in total. The van der Waals surface area contributed by atoms with E-state index in [1.54, 1.807) is 24.3 Å². The summed E-state index contributed by atoms with van der Waals surface area (Å²) in [7, 11) is 0. The predicted molar refractivity (Wildman–Crippen MR) is 81.8 cm³/mol. The summed E-state index contributed by atoms with van der Waals surface area (Å²) >= 11 is 5.79. The summed E-state index contributed by atoms with van der Waals surface area (Å²) < 4.78 is 0. The maximum atomic E-state index is 11.9. The summed E-state index contributed by atoms with van der Waals surface area (Å²) in [6, 6.07) is 16.0. The molecule has 0 saturated heterocycles. The SMILES string of the molecule is NC[C@H](NC(=O)Nc1ccc(Cl)cc1)c1ccccc1. The van der Waals surface area contributed by atoms with Gasteiger partial charge in [0.2, 0.25) is 0 Å². The molecule has 0 unspecified atom stereocenters. The van der Waals surface area contributed by atoms with Crippen LogP contribution >= 0.6 is 11.6 Å². The number of nitrogens with one attached hydrogen (secondary N) is 2. The highest BCUT2D eigenvalue weighted by molar-refractivity contribution is 6.30. The molecule has 0 aliphatic heterocycles. The quantitative estimate of drug-likeness (QED) is 0.809. The Hall–Kier alpha value is -2.04. The predicted octanol–water partition coefficient (Wildman–Crippen LogP) is 3.16. The zero-order valence-electron chi connectivity index (χ0n) is 10.8. The second kappa shape index (κ2) is 6.93. The van der Waals surface area contributed by atoms with E-state index in [0.717, 1.165) is 5.56 Å². The van der Waals surface area contributed by atoms with Crippen LogP contribution in [0.5, 0.6) is 0 Å². The Kier molecular flexibility index (Phi) is 4.98. The lowest BCUT2D eigenvalue weighted by Crippen LogP contribution is -2.36. The first-order chi connectivity index (χ1) is 9.69. The van der Waals surface area contributed by atoms with Gasteiger partial charge in [-0.1, -0.05) is 41.9 Å². The van der Waals surface area contributed by atoms with Gasteiger partial charge in [0.15, 0.2) is 0 Å². The summed E-state index contributed by atoms with van der Waals surface area (Å²) in [5.74, 6) is 0. The molecule has 1 atom stereocenters. The highest BCUT2D eigenvalue weighted by Crippen LogP contribution is 2.14. The fraction of sp³-hybridized carbons (Fsp3) is 0.133. The molecule has 0 aliphatic rings. The molecule has 104 valence electrons. The van der Waals surface area contributed by atoms with Crippen molar-refractivity contribution in [2.75, 3.05) is 11.9 Å². The van der Waals surface area contributed by atoms with Gasteiger partial charge in [-0.15, -0.1) is 0 Å². The van der Waals surface area contributed by atoms with Gasteiger partial charge in [-0.25, -0.2) is 4.79 Å². The van der Waals surface area contributed by atoms with Crippen molar-refractivity contribution >= 4 is 23.3 Å². The average Bonchev–Trinajstić information content (AvgIpc) is 2.48. The molecule has 2 rings (SSSR count). The van der Waals surface area contributed by atoms with Crippen molar-refractivity contribution in [1.82, 2.24) is 5.32 Å². The lowest BCUT2D eigenvalue weighted by Gasteiger charge is -2.17. The first-order valence-corrected chi connectivity index (χ1v) is 6.65. The smallest absolute Gasteiger partial charge is 0.319 e. The molecular weight excluding hydrogens is 274 g/mol. The zero-order valence-corrected chi connectivity index (χ0v) is 11.6. The standard InChI is InChI=1S/C15H16ClN3O/c16-12-6-8-13(9-7-12)18-15(20)19-14(10-17)11-4-2-1-3-5-11/h1-9,14H,10,17H2,(H2,18,19,20)/t14-/m0/s1. The lowest BCUT2D eigenvalue weighted by molar-refractivity contribution is 0.249. The number of hydrogen-bond donors (Lipinski definition) is 3.